The second-order valence-electron chi connectivity index (χ2n) is 7.50. The molecule has 140 valence electrons. The molecule has 0 heterocycles. The predicted molar refractivity (Wildman–Crippen MR) is 109 cm³/mol. The van der Waals surface area contributed by atoms with Gasteiger partial charge in [-0.1, -0.05) is 0 Å². The first-order valence-corrected chi connectivity index (χ1v) is 17.5. The third-order valence-electron chi connectivity index (χ3n) is 5.36. The third-order valence-corrected chi connectivity index (χ3v) is 18.1. The van der Waals surface area contributed by atoms with Crippen LogP contribution in [0.5, 0.6) is 0 Å². The van der Waals surface area contributed by atoms with Crippen LogP contribution < -0.4 is 0 Å². The molecule has 3 heteroatoms. The molecule has 0 unspecified atom stereocenters. The van der Waals surface area contributed by atoms with Gasteiger partial charge in [-0.15, -0.1) is 0 Å². The molecule has 0 saturated heterocycles. The van der Waals surface area contributed by atoms with Gasteiger partial charge in [0.25, 0.3) is 0 Å². The summed E-state index contributed by atoms with van der Waals surface area (Å²) in [6.45, 7) is 6.86. The summed E-state index contributed by atoms with van der Waals surface area (Å²) in [5.41, 5.74) is 2.28. The molecule has 1 aliphatic carbocycles. The normalized spacial score (nSPS) is 14.2. The van der Waals surface area contributed by atoms with Gasteiger partial charge in [-0.3, -0.25) is 0 Å². The molecule has 0 bridgehead atoms. The number of hydrogen-bond donors (Lipinski definition) is 0. The zero-order valence-corrected chi connectivity index (χ0v) is 19.2. The van der Waals surface area contributed by atoms with E-state index in [1.807, 2.05) is 6.07 Å². The van der Waals surface area contributed by atoms with Crippen LogP contribution in [-0.2, 0) is 9.49 Å². The summed E-state index contributed by atoms with van der Waals surface area (Å²) in [4.78, 5) is 0. The summed E-state index contributed by atoms with van der Waals surface area (Å²) in [5, 5.41) is 0. The van der Waals surface area contributed by atoms with E-state index < -0.39 is 18.8 Å². The zero-order chi connectivity index (χ0) is 18.1. The van der Waals surface area contributed by atoms with Crippen molar-refractivity contribution in [1.82, 2.24) is 0 Å². The number of unbranched alkanes of at least 4 members (excludes halogenated alkanes) is 3. The zero-order valence-electron chi connectivity index (χ0n) is 16.4. The molecule has 1 aromatic carbocycles. The summed E-state index contributed by atoms with van der Waals surface area (Å²) in [6, 6.07) is 5.22. The maximum absolute atomic E-state index is 13.6. The van der Waals surface area contributed by atoms with Gasteiger partial charge in [-0.05, 0) is 0 Å². The molecule has 0 saturated carbocycles. The van der Waals surface area contributed by atoms with Crippen LogP contribution in [0.15, 0.2) is 24.3 Å². The number of halogens is 1. The summed E-state index contributed by atoms with van der Waals surface area (Å²) < 4.78 is 24.6. The molecule has 0 spiro atoms. The summed E-state index contributed by atoms with van der Waals surface area (Å²) >= 11 is -2.68. The van der Waals surface area contributed by atoms with E-state index in [1.54, 1.807) is 12.1 Å². The van der Waals surface area contributed by atoms with E-state index in [0.717, 1.165) is 29.7 Å². The molecule has 0 aliphatic heterocycles. The number of fused-ring (bicyclic) bond motifs is 1. The second-order valence-corrected chi connectivity index (χ2v) is 19.1. The van der Waals surface area contributed by atoms with Gasteiger partial charge in [-0.2, -0.15) is 0 Å². The molecular formula is C22H35FOSn. The molecule has 0 amide bonds. The fourth-order valence-corrected chi connectivity index (χ4v) is 17.3. The molecule has 25 heavy (non-hydrogen) atoms. The van der Waals surface area contributed by atoms with Gasteiger partial charge >= 0.3 is 159 Å². The Balaban J connectivity index is 2.26. The van der Waals surface area contributed by atoms with Crippen molar-refractivity contribution in [1.29, 1.82) is 0 Å². The van der Waals surface area contributed by atoms with Crippen molar-refractivity contribution < 1.29 is 7.46 Å². The molecule has 1 aliphatic rings. The van der Waals surface area contributed by atoms with Crippen LogP contribution in [-0.4, -0.2) is 18.8 Å². The van der Waals surface area contributed by atoms with Gasteiger partial charge in [-0.25, -0.2) is 0 Å². The van der Waals surface area contributed by atoms with E-state index >= 15 is 0 Å². The summed E-state index contributed by atoms with van der Waals surface area (Å²) in [5.74, 6) is 0.957. The quantitative estimate of drug-likeness (QED) is 0.316. The molecule has 0 atom stereocenters. The minimum absolute atomic E-state index is 0.127. The molecule has 1 nitrogen and oxygen atoms in total. The van der Waals surface area contributed by atoms with E-state index in [4.69, 9.17) is 3.07 Å². The minimum atomic E-state index is -2.68. The van der Waals surface area contributed by atoms with Gasteiger partial charge in [0.2, 0.25) is 0 Å². The Morgan fingerprint density at radius 2 is 1.56 bits per heavy atom. The Kier molecular flexibility index (Phi) is 8.81. The average Bonchev–Trinajstić information content (AvgIpc) is 2.62. The second kappa shape index (κ2) is 10.6. The number of allylic oxidation sites excluding steroid dienone is 1. The number of rotatable bonds is 11. The summed E-state index contributed by atoms with van der Waals surface area (Å²) in [7, 11) is 0. The van der Waals surface area contributed by atoms with Crippen molar-refractivity contribution >= 4 is 24.6 Å². The Labute approximate surface area is 158 Å². The van der Waals surface area contributed by atoms with Gasteiger partial charge in [0.15, 0.2) is 0 Å². The number of aryl methyl sites for hydroxylation is 1. The number of hydrogen-bond acceptors (Lipinski definition) is 1. The first-order valence-electron chi connectivity index (χ1n) is 10.3. The van der Waals surface area contributed by atoms with E-state index in [9.17, 15) is 4.39 Å². The number of benzene rings is 1. The Morgan fingerprint density at radius 3 is 2.12 bits per heavy atom. The van der Waals surface area contributed by atoms with Crippen LogP contribution in [0.25, 0.3) is 5.76 Å². The average molecular weight is 453 g/mol. The van der Waals surface area contributed by atoms with E-state index in [1.165, 1.54) is 51.8 Å². The standard InChI is InChI=1S/C10H9FO.3C4H9.Sn/c11-8-4-5-9-7(6-8)2-1-3-10(9)12;3*1-3-4-2;/h3-6,12H,1-2H2;3*1,3-4H2,2H3;/q;;;;+1/p-1. The van der Waals surface area contributed by atoms with E-state index in [0.29, 0.717) is 0 Å². The first-order chi connectivity index (χ1) is 12.1. The molecule has 0 aromatic heterocycles. The fourth-order valence-electron chi connectivity index (χ4n) is 3.83. The Bertz CT molecular complexity index is 545. The van der Waals surface area contributed by atoms with Gasteiger partial charge in [0.1, 0.15) is 0 Å². The van der Waals surface area contributed by atoms with E-state index in [2.05, 4.69) is 26.8 Å². The summed E-state index contributed by atoms with van der Waals surface area (Å²) in [6.07, 6.45) is 11.8. The van der Waals surface area contributed by atoms with Crippen LogP contribution in [0, 0.1) is 5.82 Å². The van der Waals surface area contributed by atoms with Gasteiger partial charge < -0.3 is 0 Å². The molecule has 1 aromatic rings. The molecule has 2 rings (SSSR count). The topological polar surface area (TPSA) is 9.23 Å². The van der Waals surface area contributed by atoms with Gasteiger partial charge in [0.05, 0.1) is 0 Å². The van der Waals surface area contributed by atoms with Crippen LogP contribution in [0.1, 0.15) is 76.8 Å². The van der Waals surface area contributed by atoms with Crippen LogP contribution >= 0.6 is 0 Å². The first kappa shape index (κ1) is 20.8. The monoisotopic (exact) mass is 454 g/mol. The molecule has 0 N–H and O–H groups in total. The maximum atomic E-state index is 13.6. The van der Waals surface area contributed by atoms with Crippen LogP contribution in [0.3, 0.4) is 0 Å². The molecular weight excluding hydrogens is 418 g/mol. The Morgan fingerprint density at radius 1 is 0.960 bits per heavy atom. The molecule has 0 radical (unpaired) electrons. The van der Waals surface area contributed by atoms with Crippen molar-refractivity contribution in [2.75, 3.05) is 0 Å². The Hall–Kier alpha value is -0.511. The van der Waals surface area contributed by atoms with Crippen molar-refractivity contribution in [3.63, 3.8) is 0 Å². The fraction of sp³-hybridized carbons (Fsp3) is 0.636. The van der Waals surface area contributed by atoms with Crippen LogP contribution in [0.2, 0.25) is 13.3 Å². The van der Waals surface area contributed by atoms with E-state index in [-0.39, 0.29) is 5.82 Å². The SMILES string of the molecule is CCC[CH2][Sn]([CH2]CCC)([CH2]CCC)[O]C1=CCCc2cc(F)ccc21. The van der Waals surface area contributed by atoms with Crippen LogP contribution in [0.4, 0.5) is 4.39 Å². The molecule has 0 fully saturated rings. The predicted octanol–water partition coefficient (Wildman–Crippen LogP) is 7.48. The van der Waals surface area contributed by atoms with Crippen molar-refractivity contribution in [3.8, 4) is 0 Å². The van der Waals surface area contributed by atoms with Gasteiger partial charge in [0, 0.05) is 0 Å². The van der Waals surface area contributed by atoms with Crippen molar-refractivity contribution in [3.05, 3.63) is 41.2 Å². The third kappa shape index (κ3) is 6.01. The van der Waals surface area contributed by atoms with Crippen molar-refractivity contribution in [2.45, 2.75) is 85.4 Å². The van der Waals surface area contributed by atoms with Crippen molar-refractivity contribution in [2.24, 2.45) is 0 Å².